The SMILES string of the molecule is CCn1[nH]cc(C(=O)c2c[nH]n(CC)c2=O)c1=O. The first kappa shape index (κ1) is 12.2. The molecule has 96 valence electrons. The van der Waals surface area contributed by atoms with Gasteiger partial charge in [-0.05, 0) is 13.8 Å². The number of aromatic nitrogens is 4. The number of carbonyl (C=O) groups is 1. The molecule has 7 heteroatoms. The van der Waals surface area contributed by atoms with Crippen molar-refractivity contribution in [3.8, 4) is 0 Å². The van der Waals surface area contributed by atoms with E-state index < -0.39 is 16.9 Å². The molecule has 18 heavy (non-hydrogen) atoms. The van der Waals surface area contributed by atoms with Gasteiger partial charge in [-0.15, -0.1) is 0 Å². The Labute approximate surface area is 102 Å². The second kappa shape index (κ2) is 4.52. The fourth-order valence-electron chi connectivity index (χ4n) is 1.76. The summed E-state index contributed by atoms with van der Waals surface area (Å²) >= 11 is 0. The van der Waals surface area contributed by atoms with E-state index in [2.05, 4.69) is 10.2 Å². The van der Waals surface area contributed by atoms with Crippen LogP contribution in [0.3, 0.4) is 0 Å². The standard InChI is InChI=1S/C11H14N4O3/c1-3-14-10(17)7(5-12-14)9(16)8-6-13-15(4-2)11(8)18/h5-6,12-13H,3-4H2,1-2H3. The van der Waals surface area contributed by atoms with E-state index >= 15 is 0 Å². The van der Waals surface area contributed by atoms with E-state index in [1.54, 1.807) is 13.8 Å². The molecule has 2 aromatic rings. The predicted molar refractivity (Wildman–Crippen MR) is 64.9 cm³/mol. The molecule has 0 aliphatic rings. The van der Waals surface area contributed by atoms with Crippen molar-refractivity contribution in [2.45, 2.75) is 26.9 Å². The highest BCUT2D eigenvalue weighted by molar-refractivity contribution is 6.08. The van der Waals surface area contributed by atoms with Gasteiger partial charge in [-0.25, -0.2) is 0 Å². The summed E-state index contributed by atoms with van der Waals surface area (Å²) in [6.07, 6.45) is 2.66. The van der Waals surface area contributed by atoms with Crippen molar-refractivity contribution < 1.29 is 4.79 Å². The molecule has 0 aliphatic carbocycles. The van der Waals surface area contributed by atoms with Crippen LogP contribution in [0.5, 0.6) is 0 Å². The van der Waals surface area contributed by atoms with Gasteiger partial charge < -0.3 is 10.2 Å². The zero-order chi connectivity index (χ0) is 13.3. The maximum absolute atomic E-state index is 12.1. The average molecular weight is 250 g/mol. The number of rotatable bonds is 4. The molecule has 0 atom stereocenters. The van der Waals surface area contributed by atoms with Crippen molar-refractivity contribution in [2.75, 3.05) is 0 Å². The van der Waals surface area contributed by atoms with Crippen LogP contribution in [0.4, 0.5) is 0 Å². The average Bonchev–Trinajstić information content (AvgIpc) is 2.91. The Bertz CT molecular complexity index is 627. The summed E-state index contributed by atoms with van der Waals surface area (Å²) < 4.78 is 2.61. The molecular formula is C11H14N4O3. The molecule has 0 unspecified atom stereocenters. The lowest BCUT2D eigenvalue weighted by molar-refractivity contribution is 0.103. The summed E-state index contributed by atoms with van der Waals surface area (Å²) in [5, 5.41) is 5.36. The van der Waals surface area contributed by atoms with Crippen LogP contribution in [0.25, 0.3) is 0 Å². The second-order valence-electron chi connectivity index (χ2n) is 3.80. The number of nitrogens with one attached hydrogen (secondary N) is 2. The monoisotopic (exact) mass is 250 g/mol. The predicted octanol–water partition coefficient (Wildman–Crippen LogP) is -0.0630. The third kappa shape index (κ3) is 1.73. The van der Waals surface area contributed by atoms with Crippen molar-refractivity contribution in [1.29, 1.82) is 0 Å². The minimum atomic E-state index is -0.558. The van der Waals surface area contributed by atoms with E-state index in [-0.39, 0.29) is 11.1 Å². The van der Waals surface area contributed by atoms with Crippen LogP contribution in [0.15, 0.2) is 22.0 Å². The van der Waals surface area contributed by atoms with Crippen LogP contribution >= 0.6 is 0 Å². The van der Waals surface area contributed by atoms with Crippen molar-refractivity contribution in [1.82, 2.24) is 19.6 Å². The van der Waals surface area contributed by atoms with Crippen molar-refractivity contribution in [2.24, 2.45) is 0 Å². The zero-order valence-electron chi connectivity index (χ0n) is 10.2. The summed E-state index contributed by atoms with van der Waals surface area (Å²) in [7, 11) is 0. The van der Waals surface area contributed by atoms with Gasteiger partial charge >= 0.3 is 0 Å². The van der Waals surface area contributed by atoms with Crippen molar-refractivity contribution >= 4 is 5.78 Å². The van der Waals surface area contributed by atoms with Gasteiger partial charge in [0.05, 0.1) is 0 Å². The molecule has 0 amide bonds. The number of hydrogen-bond donors (Lipinski definition) is 2. The molecule has 0 aromatic carbocycles. The van der Waals surface area contributed by atoms with Crippen LogP contribution in [-0.4, -0.2) is 25.3 Å². The normalized spacial score (nSPS) is 10.8. The molecule has 2 heterocycles. The quantitative estimate of drug-likeness (QED) is 0.744. The topological polar surface area (TPSA) is 92.7 Å². The van der Waals surface area contributed by atoms with E-state index in [0.717, 1.165) is 0 Å². The highest BCUT2D eigenvalue weighted by Gasteiger charge is 2.20. The van der Waals surface area contributed by atoms with Crippen LogP contribution < -0.4 is 11.1 Å². The van der Waals surface area contributed by atoms with Gasteiger partial charge in [0, 0.05) is 25.5 Å². The minimum absolute atomic E-state index is 0.0174. The Kier molecular flexibility index (Phi) is 3.05. The lowest BCUT2D eigenvalue weighted by Crippen LogP contribution is -2.25. The molecule has 7 nitrogen and oxygen atoms in total. The third-order valence-corrected chi connectivity index (χ3v) is 2.80. The molecule has 0 saturated heterocycles. The molecule has 2 N–H and O–H groups in total. The van der Waals surface area contributed by atoms with Gasteiger partial charge in [0.1, 0.15) is 11.1 Å². The van der Waals surface area contributed by atoms with Gasteiger partial charge in [-0.1, -0.05) is 0 Å². The van der Waals surface area contributed by atoms with E-state index in [0.29, 0.717) is 13.1 Å². The first-order valence-electron chi connectivity index (χ1n) is 5.71. The molecular weight excluding hydrogens is 236 g/mol. The van der Waals surface area contributed by atoms with Gasteiger partial charge in [-0.3, -0.25) is 23.7 Å². The molecule has 0 radical (unpaired) electrons. The Hall–Kier alpha value is -2.31. The van der Waals surface area contributed by atoms with E-state index in [4.69, 9.17) is 0 Å². The highest BCUT2D eigenvalue weighted by atomic mass is 16.2. The lowest BCUT2D eigenvalue weighted by atomic mass is 10.1. The van der Waals surface area contributed by atoms with E-state index in [1.807, 2.05) is 0 Å². The third-order valence-electron chi connectivity index (χ3n) is 2.80. The molecule has 0 bridgehead atoms. The second-order valence-corrected chi connectivity index (χ2v) is 3.80. The number of ketones is 1. The minimum Gasteiger partial charge on any atom is -0.302 e. The maximum atomic E-state index is 12.1. The number of hydrogen-bond acceptors (Lipinski definition) is 3. The number of aromatic amines is 2. The fourth-order valence-corrected chi connectivity index (χ4v) is 1.76. The first-order chi connectivity index (χ1) is 8.60. The van der Waals surface area contributed by atoms with Gasteiger partial charge in [0.25, 0.3) is 11.1 Å². The summed E-state index contributed by atoms with van der Waals surface area (Å²) in [6, 6.07) is 0. The van der Waals surface area contributed by atoms with Crippen molar-refractivity contribution in [3.05, 3.63) is 44.2 Å². The van der Waals surface area contributed by atoms with Gasteiger partial charge in [0.15, 0.2) is 0 Å². The van der Waals surface area contributed by atoms with E-state index in [1.165, 1.54) is 21.8 Å². The van der Waals surface area contributed by atoms with Crippen LogP contribution in [0, 0.1) is 0 Å². The largest absolute Gasteiger partial charge is 0.302 e. The van der Waals surface area contributed by atoms with E-state index in [9.17, 15) is 14.4 Å². The summed E-state index contributed by atoms with van der Waals surface area (Å²) in [5.74, 6) is -0.558. The molecule has 0 fully saturated rings. The first-order valence-corrected chi connectivity index (χ1v) is 5.71. The Morgan fingerprint density at radius 1 is 1.00 bits per heavy atom. The smallest absolute Gasteiger partial charge is 0.277 e. The van der Waals surface area contributed by atoms with Gasteiger partial charge in [0.2, 0.25) is 5.78 Å². The summed E-state index contributed by atoms with van der Waals surface area (Å²) in [4.78, 5) is 35.7. The van der Waals surface area contributed by atoms with Crippen molar-refractivity contribution in [3.63, 3.8) is 0 Å². The Morgan fingerprint density at radius 3 is 1.67 bits per heavy atom. The molecule has 0 spiro atoms. The Morgan fingerprint density at radius 2 is 1.39 bits per heavy atom. The molecule has 2 aromatic heterocycles. The fraction of sp³-hybridized carbons (Fsp3) is 0.364. The highest BCUT2D eigenvalue weighted by Crippen LogP contribution is 2.00. The zero-order valence-corrected chi connectivity index (χ0v) is 10.2. The summed E-state index contributed by atoms with van der Waals surface area (Å²) in [6.45, 7) is 4.45. The molecule has 0 aliphatic heterocycles. The molecule has 2 rings (SSSR count). The summed E-state index contributed by atoms with van der Waals surface area (Å²) in [5.41, 5.74) is -0.857. The number of carbonyl (C=O) groups excluding carboxylic acids is 1. The molecule has 0 saturated carbocycles. The van der Waals surface area contributed by atoms with Crippen LogP contribution in [0.2, 0.25) is 0 Å². The number of nitrogens with zero attached hydrogens (tertiary/aromatic N) is 2. The number of aryl methyl sites for hydroxylation is 2. The number of H-pyrrole nitrogens is 2. The lowest BCUT2D eigenvalue weighted by Gasteiger charge is -1.93. The van der Waals surface area contributed by atoms with Crippen LogP contribution in [0.1, 0.15) is 29.8 Å². The maximum Gasteiger partial charge on any atom is 0.277 e. The Balaban J connectivity index is 2.48. The van der Waals surface area contributed by atoms with Gasteiger partial charge in [-0.2, -0.15) is 0 Å². The van der Waals surface area contributed by atoms with Crippen LogP contribution in [-0.2, 0) is 13.1 Å².